The van der Waals surface area contributed by atoms with E-state index >= 15 is 0 Å². The van der Waals surface area contributed by atoms with E-state index in [-0.39, 0.29) is 35.7 Å². The number of nitrogens with one attached hydrogen (secondary N) is 1. The highest BCUT2D eigenvalue weighted by atomic mass is 16.6. The van der Waals surface area contributed by atoms with Crippen molar-refractivity contribution in [3.8, 4) is 0 Å². The number of nitrogens with zero attached hydrogens (tertiary/aromatic N) is 2. The van der Waals surface area contributed by atoms with E-state index < -0.39 is 34.9 Å². The van der Waals surface area contributed by atoms with E-state index in [2.05, 4.69) is 26.1 Å². The quantitative estimate of drug-likeness (QED) is 0.277. The Labute approximate surface area is 267 Å². The van der Waals surface area contributed by atoms with Crippen LogP contribution in [0.1, 0.15) is 101 Å². The lowest BCUT2D eigenvalue weighted by Gasteiger charge is -2.40. The first-order valence-corrected chi connectivity index (χ1v) is 15.6. The van der Waals surface area contributed by atoms with E-state index in [1.807, 2.05) is 85.7 Å². The number of carbonyl (C=O) groups excluding carboxylic acids is 4. The van der Waals surface area contributed by atoms with Gasteiger partial charge >= 0.3 is 6.09 Å². The molecule has 0 saturated carbocycles. The van der Waals surface area contributed by atoms with Gasteiger partial charge in [0.05, 0.1) is 6.04 Å². The predicted molar refractivity (Wildman–Crippen MR) is 178 cm³/mol. The number of likely N-dealkylation sites (N-methyl/N-ethyl adjacent to an activating group) is 2. The molecule has 0 spiro atoms. The molecule has 3 atom stereocenters. The molecular weight excluding hydrogens is 554 g/mol. The zero-order chi connectivity index (χ0) is 34.4. The van der Waals surface area contributed by atoms with Crippen LogP contribution in [0.4, 0.5) is 4.79 Å². The highest BCUT2D eigenvalue weighted by Gasteiger charge is 2.43. The van der Waals surface area contributed by atoms with Gasteiger partial charge in [-0.3, -0.25) is 19.3 Å². The van der Waals surface area contributed by atoms with Gasteiger partial charge in [0.25, 0.3) is 0 Å². The Bertz CT molecular complexity index is 1180. The van der Waals surface area contributed by atoms with Crippen molar-refractivity contribution >= 4 is 23.7 Å². The molecule has 0 fully saturated rings. The molecule has 0 aliphatic carbocycles. The first-order chi connectivity index (χ1) is 19.9. The summed E-state index contributed by atoms with van der Waals surface area (Å²) in [6.07, 6.45) is 2.13. The number of benzene rings is 1. The normalized spacial score (nSPS) is 14.9. The standard InChI is InChI=1S/C36H59N3O5/c1-23(2)28(20-24(3)25(4)40)38(14)32(42)29(35(8,9)10)37-31(41)30(36(11,12)13)39(15)33(43)44-22-27-18-16-26(17-19-27)21-34(5,6)7/h16-20,23,28-30H,21-22H2,1-15H3,(H,37,41)/b24-20+/t28-,29-,30-/m1/s1. The molecule has 1 aromatic carbocycles. The topological polar surface area (TPSA) is 96.0 Å². The van der Waals surface area contributed by atoms with Crippen molar-refractivity contribution in [3.63, 3.8) is 0 Å². The number of Topliss-reactive ketones (excluding diaryl/α,β-unsaturated/α-hetero) is 1. The molecule has 3 amide bonds. The fraction of sp³-hybridized carbons (Fsp3) is 0.667. The minimum absolute atomic E-state index is 0.0347. The molecule has 0 unspecified atom stereocenters. The maximum absolute atomic E-state index is 14.0. The fourth-order valence-corrected chi connectivity index (χ4v) is 5.21. The van der Waals surface area contributed by atoms with Crippen molar-refractivity contribution in [3.05, 3.63) is 47.0 Å². The maximum Gasteiger partial charge on any atom is 0.410 e. The monoisotopic (exact) mass is 613 g/mol. The SMILES string of the molecule is CC(=O)/C(C)=C/[C@H](C(C)C)N(C)C(=O)[C@@H](NC(=O)[C@@H](N(C)C(=O)OCc1ccc(CC(C)(C)C)cc1)C(C)(C)C)C(C)(C)C. The Morgan fingerprint density at radius 2 is 1.32 bits per heavy atom. The van der Waals surface area contributed by atoms with Gasteiger partial charge in [-0.15, -0.1) is 0 Å². The van der Waals surface area contributed by atoms with Crippen LogP contribution in [-0.2, 0) is 32.1 Å². The molecule has 8 nitrogen and oxygen atoms in total. The number of ether oxygens (including phenoxy) is 1. The first-order valence-electron chi connectivity index (χ1n) is 15.6. The van der Waals surface area contributed by atoms with Crippen molar-refractivity contribution < 1.29 is 23.9 Å². The summed E-state index contributed by atoms with van der Waals surface area (Å²) in [5, 5.41) is 2.98. The average Bonchev–Trinajstić information content (AvgIpc) is 2.86. The van der Waals surface area contributed by atoms with Gasteiger partial charge in [-0.1, -0.05) is 107 Å². The molecular formula is C36H59N3O5. The summed E-state index contributed by atoms with van der Waals surface area (Å²) in [4.78, 5) is 56.0. The Balaban J connectivity index is 3.19. The number of allylic oxidation sites excluding steroid dienone is 1. The van der Waals surface area contributed by atoms with Crippen LogP contribution in [0.3, 0.4) is 0 Å². The van der Waals surface area contributed by atoms with E-state index in [1.165, 1.54) is 17.4 Å². The van der Waals surface area contributed by atoms with Crippen molar-refractivity contribution in [1.29, 1.82) is 0 Å². The van der Waals surface area contributed by atoms with Crippen LogP contribution in [0.5, 0.6) is 0 Å². The maximum atomic E-state index is 14.0. The number of hydrogen-bond acceptors (Lipinski definition) is 5. The second-order valence-corrected chi connectivity index (χ2v) is 15.9. The summed E-state index contributed by atoms with van der Waals surface area (Å²) in [6.45, 7) is 25.2. The van der Waals surface area contributed by atoms with Crippen LogP contribution in [0.15, 0.2) is 35.9 Å². The van der Waals surface area contributed by atoms with E-state index in [9.17, 15) is 19.2 Å². The van der Waals surface area contributed by atoms with Gasteiger partial charge < -0.3 is 15.0 Å². The second kappa shape index (κ2) is 15.2. The van der Waals surface area contributed by atoms with Gasteiger partial charge in [0.2, 0.25) is 11.8 Å². The number of amides is 3. The fourth-order valence-electron chi connectivity index (χ4n) is 5.21. The molecule has 1 aromatic rings. The molecule has 0 aromatic heterocycles. The molecule has 0 aliphatic rings. The summed E-state index contributed by atoms with van der Waals surface area (Å²) in [6, 6.07) is 5.87. The van der Waals surface area contributed by atoms with Gasteiger partial charge in [-0.25, -0.2) is 4.79 Å². The highest BCUT2D eigenvalue weighted by molar-refractivity contribution is 5.94. The van der Waals surface area contributed by atoms with E-state index in [1.54, 1.807) is 25.9 Å². The van der Waals surface area contributed by atoms with Crippen LogP contribution in [-0.4, -0.2) is 65.7 Å². The minimum atomic E-state index is -0.909. The molecule has 0 bridgehead atoms. The lowest BCUT2D eigenvalue weighted by molar-refractivity contribution is -0.142. The minimum Gasteiger partial charge on any atom is -0.445 e. The summed E-state index contributed by atoms with van der Waals surface area (Å²) in [5.74, 6) is -0.739. The Kier molecular flexibility index (Phi) is 13.4. The Hall–Kier alpha value is -3.16. The molecule has 248 valence electrons. The van der Waals surface area contributed by atoms with E-state index in [0.717, 1.165) is 12.0 Å². The van der Waals surface area contributed by atoms with Crippen LogP contribution < -0.4 is 5.32 Å². The van der Waals surface area contributed by atoms with Gasteiger partial charge in [-0.2, -0.15) is 0 Å². The van der Waals surface area contributed by atoms with Gasteiger partial charge in [0.15, 0.2) is 5.78 Å². The molecule has 44 heavy (non-hydrogen) atoms. The summed E-state index contributed by atoms with van der Waals surface area (Å²) in [5.41, 5.74) is 1.53. The van der Waals surface area contributed by atoms with Gasteiger partial charge in [0.1, 0.15) is 18.7 Å². The van der Waals surface area contributed by atoms with Gasteiger partial charge in [0, 0.05) is 14.1 Å². The third-order valence-corrected chi connectivity index (χ3v) is 7.72. The van der Waals surface area contributed by atoms with Crippen LogP contribution in [0.2, 0.25) is 0 Å². The van der Waals surface area contributed by atoms with E-state index in [4.69, 9.17) is 4.74 Å². The second-order valence-electron chi connectivity index (χ2n) is 15.9. The third kappa shape index (κ3) is 11.7. The number of ketones is 1. The van der Waals surface area contributed by atoms with Crippen molar-refractivity contribution in [2.75, 3.05) is 14.1 Å². The van der Waals surface area contributed by atoms with Crippen LogP contribution in [0, 0.1) is 22.2 Å². The van der Waals surface area contributed by atoms with Crippen molar-refractivity contribution in [1.82, 2.24) is 15.1 Å². The summed E-state index contributed by atoms with van der Waals surface area (Å²) < 4.78 is 5.63. The predicted octanol–water partition coefficient (Wildman–Crippen LogP) is 6.81. The largest absolute Gasteiger partial charge is 0.445 e. The molecule has 0 radical (unpaired) electrons. The van der Waals surface area contributed by atoms with Gasteiger partial charge in [-0.05, 0) is 59.1 Å². The number of hydrogen-bond donors (Lipinski definition) is 1. The lowest BCUT2D eigenvalue weighted by atomic mass is 9.82. The average molecular weight is 614 g/mol. The molecule has 1 N–H and O–H groups in total. The van der Waals surface area contributed by atoms with Crippen molar-refractivity contribution in [2.24, 2.45) is 22.2 Å². The van der Waals surface area contributed by atoms with Crippen LogP contribution >= 0.6 is 0 Å². The molecule has 8 heteroatoms. The summed E-state index contributed by atoms with van der Waals surface area (Å²) in [7, 11) is 3.25. The molecule has 0 heterocycles. The highest BCUT2D eigenvalue weighted by Crippen LogP contribution is 2.28. The molecule has 1 rings (SSSR count). The van der Waals surface area contributed by atoms with Crippen LogP contribution in [0.25, 0.3) is 0 Å². The van der Waals surface area contributed by atoms with Crippen molar-refractivity contribution in [2.45, 2.75) is 121 Å². The Morgan fingerprint density at radius 1 is 0.818 bits per heavy atom. The molecule has 0 saturated heterocycles. The number of rotatable bonds is 11. The Morgan fingerprint density at radius 3 is 1.73 bits per heavy atom. The smallest absolute Gasteiger partial charge is 0.410 e. The van der Waals surface area contributed by atoms with E-state index in [0.29, 0.717) is 5.57 Å². The zero-order valence-electron chi connectivity index (χ0n) is 30.0. The first kappa shape index (κ1) is 38.9. The third-order valence-electron chi connectivity index (χ3n) is 7.72. The zero-order valence-corrected chi connectivity index (χ0v) is 30.0. The lowest BCUT2D eigenvalue weighted by Crippen LogP contribution is -2.61. The molecule has 0 aliphatic heterocycles. The summed E-state index contributed by atoms with van der Waals surface area (Å²) >= 11 is 0. The number of carbonyl (C=O) groups is 4.